The van der Waals surface area contributed by atoms with Crippen molar-refractivity contribution < 1.29 is 23.1 Å². The summed E-state index contributed by atoms with van der Waals surface area (Å²) < 4.78 is 30.6. The maximum Gasteiger partial charge on any atom is 0.304 e. The molecule has 1 saturated heterocycles. The van der Waals surface area contributed by atoms with E-state index in [9.17, 15) is 13.2 Å². The molecule has 1 aliphatic heterocycles. The predicted molar refractivity (Wildman–Crippen MR) is 62.3 cm³/mol. The summed E-state index contributed by atoms with van der Waals surface area (Å²) in [6, 6.07) is 0. The van der Waals surface area contributed by atoms with Gasteiger partial charge in [-0.25, -0.2) is 13.1 Å². The SMILES string of the molecule is O=C(O)CCS(=O)(=O)NCCC1CCCCO1. The number of hydrogen-bond donors (Lipinski definition) is 2. The number of carboxylic acids is 1. The van der Waals surface area contributed by atoms with Gasteiger partial charge in [0.15, 0.2) is 0 Å². The van der Waals surface area contributed by atoms with Crippen LogP contribution in [0, 0.1) is 0 Å². The Morgan fingerprint density at radius 3 is 2.76 bits per heavy atom. The number of hydrogen-bond acceptors (Lipinski definition) is 4. The number of sulfonamides is 1. The zero-order valence-corrected chi connectivity index (χ0v) is 10.5. The lowest BCUT2D eigenvalue weighted by Gasteiger charge is -2.22. The second-order valence-electron chi connectivity index (χ2n) is 4.13. The molecule has 0 radical (unpaired) electrons. The van der Waals surface area contributed by atoms with Gasteiger partial charge in [-0.1, -0.05) is 0 Å². The van der Waals surface area contributed by atoms with Crippen molar-refractivity contribution in [3.8, 4) is 0 Å². The van der Waals surface area contributed by atoms with E-state index in [1.54, 1.807) is 0 Å². The molecule has 0 bridgehead atoms. The standard InChI is InChI=1S/C10H19NO5S/c12-10(13)5-8-17(14,15)11-6-4-9-3-1-2-7-16-9/h9,11H,1-8H2,(H,12,13). The number of nitrogens with one attached hydrogen (secondary N) is 1. The van der Waals surface area contributed by atoms with E-state index in [1.807, 2.05) is 0 Å². The van der Waals surface area contributed by atoms with E-state index in [4.69, 9.17) is 9.84 Å². The average molecular weight is 265 g/mol. The normalized spacial score (nSPS) is 21.3. The first-order valence-electron chi connectivity index (χ1n) is 5.80. The Balaban J connectivity index is 2.17. The molecule has 6 nitrogen and oxygen atoms in total. The molecule has 1 atom stereocenters. The molecule has 0 aromatic rings. The van der Waals surface area contributed by atoms with Crippen molar-refractivity contribution in [3.63, 3.8) is 0 Å². The van der Waals surface area contributed by atoms with Gasteiger partial charge in [-0.05, 0) is 25.7 Å². The molecule has 0 aliphatic carbocycles. The van der Waals surface area contributed by atoms with E-state index in [2.05, 4.69) is 4.72 Å². The first kappa shape index (κ1) is 14.4. The number of rotatable bonds is 7. The van der Waals surface area contributed by atoms with Crippen LogP contribution < -0.4 is 4.72 Å². The van der Waals surface area contributed by atoms with Gasteiger partial charge in [-0.2, -0.15) is 0 Å². The highest BCUT2D eigenvalue weighted by molar-refractivity contribution is 7.89. The minimum atomic E-state index is -3.46. The Labute approximate surface area is 101 Å². The summed E-state index contributed by atoms with van der Waals surface area (Å²) in [4.78, 5) is 10.3. The summed E-state index contributed by atoms with van der Waals surface area (Å²) in [5.41, 5.74) is 0. The lowest BCUT2D eigenvalue weighted by Crippen LogP contribution is -2.31. The lowest BCUT2D eigenvalue weighted by molar-refractivity contribution is -0.136. The fourth-order valence-corrected chi connectivity index (χ4v) is 2.72. The van der Waals surface area contributed by atoms with Gasteiger partial charge < -0.3 is 9.84 Å². The second-order valence-corrected chi connectivity index (χ2v) is 6.06. The molecule has 17 heavy (non-hydrogen) atoms. The second kappa shape index (κ2) is 6.93. The zero-order valence-electron chi connectivity index (χ0n) is 9.72. The molecule has 100 valence electrons. The fraction of sp³-hybridized carbons (Fsp3) is 0.900. The Morgan fingerprint density at radius 1 is 1.41 bits per heavy atom. The lowest BCUT2D eigenvalue weighted by atomic mass is 10.1. The van der Waals surface area contributed by atoms with Crippen molar-refractivity contribution in [1.29, 1.82) is 0 Å². The quantitative estimate of drug-likeness (QED) is 0.692. The summed E-state index contributed by atoms with van der Waals surface area (Å²) in [5, 5.41) is 8.39. The van der Waals surface area contributed by atoms with Crippen LogP contribution in [0.2, 0.25) is 0 Å². The highest BCUT2D eigenvalue weighted by atomic mass is 32.2. The molecule has 0 spiro atoms. The number of carbonyl (C=O) groups is 1. The van der Waals surface area contributed by atoms with Crippen LogP contribution in [0.5, 0.6) is 0 Å². The molecular weight excluding hydrogens is 246 g/mol. The number of ether oxygens (including phenoxy) is 1. The van der Waals surface area contributed by atoms with Crippen molar-refractivity contribution in [2.24, 2.45) is 0 Å². The Morgan fingerprint density at radius 2 is 2.18 bits per heavy atom. The van der Waals surface area contributed by atoms with Crippen LogP contribution in [0.1, 0.15) is 32.1 Å². The molecule has 1 rings (SSSR count). The molecular formula is C10H19NO5S. The van der Waals surface area contributed by atoms with Crippen LogP contribution in [0.3, 0.4) is 0 Å². The summed E-state index contributed by atoms with van der Waals surface area (Å²) in [6.07, 6.45) is 3.57. The van der Waals surface area contributed by atoms with Crippen molar-refractivity contribution in [1.82, 2.24) is 4.72 Å². The van der Waals surface area contributed by atoms with Gasteiger partial charge in [0.25, 0.3) is 0 Å². The van der Waals surface area contributed by atoms with Crippen molar-refractivity contribution >= 4 is 16.0 Å². The maximum absolute atomic E-state index is 11.4. The molecule has 1 unspecified atom stereocenters. The van der Waals surface area contributed by atoms with Gasteiger partial charge in [0.1, 0.15) is 0 Å². The largest absolute Gasteiger partial charge is 0.481 e. The van der Waals surface area contributed by atoms with Crippen LogP contribution in [0.4, 0.5) is 0 Å². The average Bonchev–Trinajstić information content (AvgIpc) is 2.28. The topological polar surface area (TPSA) is 92.7 Å². The monoisotopic (exact) mass is 265 g/mol. The minimum Gasteiger partial charge on any atom is -0.481 e. The van der Waals surface area contributed by atoms with E-state index in [1.165, 1.54) is 0 Å². The Kier molecular flexibility index (Phi) is 5.87. The van der Waals surface area contributed by atoms with E-state index in [0.29, 0.717) is 13.0 Å². The molecule has 7 heteroatoms. The summed E-state index contributed by atoms with van der Waals surface area (Å²) in [6.45, 7) is 1.06. The highest BCUT2D eigenvalue weighted by Crippen LogP contribution is 2.14. The number of aliphatic carboxylic acids is 1. The van der Waals surface area contributed by atoms with Crippen molar-refractivity contribution in [2.75, 3.05) is 18.9 Å². The molecule has 1 aliphatic rings. The van der Waals surface area contributed by atoms with Crippen LogP contribution in [-0.2, 0) is 19.6 Å². The number of carboxylic acid groups (broad SMARTS) is 1. The smallest absolute Gasteiger partial charge is 0.304 e. The molecule has 1 fully saturated rings. The van der Waals surface area contributed by atoms with Crippen LogP contribution in [0.25, 0.3) is 0 Å². The zero-order chi connectivity index (χ0) is 12.7. The van der Waals surface area contributed by atoms with Gasteiger partial charge in [-0.3, -0.25) is 4.79 Å². The van der Waals surface area contributed by atoms with E-state index < -0.39 is 16.0 Å². The van der Waals surface area contributed by atoms with E-state index >= 15 is 0 Å². The fourth-order valence-electron chi connectivity index (χ4n) is 1.70. The predicted octanol–water partition coefficient (Wildman–Crippen LogP) is 0.340. The van der Waals surface area contributed by atoms with Crippen LogP contribution >= 0.6 is 0 Å². The first-order valence-corrected chi connectivity index (χ1v) is 7.45. The maximum atomic E-state index is 11.4. The first-order chi connectivity index (χ1) is 7.99. The molecule has 2 N–H and O–H groups in total. The summed E-state index contributed by atoms with van der Waals surface area (Å²) >= 11 is 0. The van der Waals surface area contributed by atoms with Gasteiger partial charge in [0.05, 0.1) is 18.3 Å². The van der Waals surface area contributed by atoms with Gasteiger partial charge in [-0.15, -0.1) is 0 Å². The van der Waals surface area contributed by atoms with E-state index in [-0.39, 0.29) is 18.3 Å². The minimum absolute atomic E-state index is 0.130. The van der Waals surface area contributed by atoms with Crippen molar-refractivity contribution in [3.05, 3.63) is 0 Å². The third-order valence-electron chi connectivity index (χ3n) is 2.65. The Bertz CT molecular complexity index is 335. The van der Waals surface area contributed by atoms with Crippen molar-refractivity contribution in [2.45, 2.75) is 38.2 Å². The van der Waals surface area contributed by atoms with Crippen LogP contribution in [-0.4, -0.2) is 44.5 Å². The third-order valence-corrected chi connectivity index (χ3v) is 4.03. The van der Waals surface area contributed by atoms with Gasteiger partial charge in [0, 0.05) is 13.2 Å². The van der Waals surface area contributed by atoms with Gasteiger partial charge in [0.2, 0.25) is 10.0 Å². The third kappa shape index (κ3) is 6.60. The summed E-state index contributed by atoms with van der Waals surface area (Å²) in [5.74, 6) is -1.47. The molecule has 0 aromatic carbocycles. The molecule has 0 saturated carbocycles. The summed E-state index contributed by atoms with van der Waals surface area (Å²) in [7, 11) is -3.46. The highest BCUT2D eigenvalue weighted by Gasteiger charge is 2.16. The molecule has 0 aromatic heterocycles. The van der Waals surface area contributed by atoms with Crippen LogP contribution in [0.15, 0.2) is 0 Å². The van der Waals surface area contributed by atoms with Gasteiger partial charge >= 0.3 is 5.97 Å². The molecule has 0 amide bonds. The van der Waals surface area contributed by atoms with E-state index in [0.717, 1.165) is 25.9 Å². The molecule has 1 heterocycles. The Hall–Kier alpha value is -0.660.